The average Bonchev–Trinajstić information content (AvgIpc) is 2.80. The van der Waals surface area contributed by atoms with E-state index in [4.69, 9.17) is 9.84 Å². The second-order valence-corrected chi connectivity index (χ2v) is 4.60. The number of hydrogen-bond donors (Lipinski definition) is 2. The van der Waals surface area contributed by atoms with Gasteiger partial charge in [0.05, 0.1) is 6.10 Å². The summed E-state index contributed by atoms with van der Waals surface area (Å²) in [5.74, 6) is -0.795. The summed E-state index contributed by atoms with van der Waals surface area (Å²) in [6.45, 7) is 1.91. The number of carbonyl (C=O) groups excluding carboxylic acids is 1. The molecule has 0 spiro atoms. The molecule has 0 bridgehead atoms. The lowest BCUT2D eigenvalue weighted by molar-refractivity contribution is -0.137. The predicted molar refractivity (Wildman–Crippen MR) is 66.5 cm³/mol. The third-order valence-corrected chi connectivity index (χ3v) is 2.94. The van der Waals surface area contributed by atoms with Crippen LogP contribution in [0.2, 0.25) is 0 Å². The van der Waals surface area contributed by atoms with E-state index >= 15 is 0 Å². The highest BCUT2D eigenvalue weighted by Crippen LogP contribution is 2.12. The standard InChI is InChI=1S/C12H22N2O4/c1-14(9-10-5-4-8-18-10)12(17)13-7-3-2-6-11(15)16/h10H,2-9H2,1H3,(H,13,17)(H,15,16). The molecule has 0 radical (unpaired) electrons. The first-order chi connectivity index (χ1) is 8.59. The molecule has 6 nitrogen and oxygen atoms in total. The van der Waals surface area contributed by atoms with Crippen molar-refractivity contribution in [3.63, 3.8) is 0 Å². The van der Waals surface area contributed by atoms with Crippen LogP contribution in [0.1, 0.15) is 32.1 Å². The van der Waals surface area contributed by atoms with E-state index < -0.39 is 5.97 Å². The van der Waals surface area contributed by atoms with Crippen LogP contribution in [0.15, 0.2) is 0 Å². The molecule has 18 heavy (non-hydrogen) atoms. The van der Waals surface area contributed by atoms with Crippen LogP contribution in [0, 0.1) is 0 Å². The number of nitrogens with zero attached hydrogens (tertiary/aromatic N) is 1. The number of rotatable bonds is 7. The van der Waals surface area contributed by atoms with Crippen molar-refractivity contribution in [3.05, 3.63) is 0 Å². The van der Waals surface area contributed by atoms with Gasteiger partial charge in [-0.15, -0.1) is 0 Å². The van der Waals surface area contributed by atoms with Crippen molar-refractivity contribution in [1.29, 1.82) is 0 Å². The molecular weight excluding hydrogens is 236 g/mol. The Balaban J connectivity index is 2.05. The molecule has 1 rings (SSSR count). The van der Waals surface area contributed by atoms with Crippen molar-refractivity contribution in [1.82, 2.24) is 10.2 Å². The van der Waals surface area contributed by atoms with Crippen LogP contribution >= 0.6 is 0 Å². The van der Waals surface area contributed by atoms with E-state index in [2.05, 4.69) is 5.32 Å². The number of nitrogens with one attached hydrogen (secondary N) is 1. The first-order valence-corrected chi connectivity index (χ1v) is 6.42. The number of likely N-dealkylation sites (N-methyl/N-ethyl adjacent to an activating group) is 1. The van der Waals surface area contributed by atoms with Crippen LogP contribution in [-0.4, -0.2) is 54.9 Å². The fourth-order valence-corrected chi connectivity index (χ4v) is 1.91. The highest BCUT2D eigenvalue weighted by molar-refractivity contribution is 5.73. The molecule has 0 saturated carbocycles. The van der Waals surface area contributed by atoms with Gasteiger partial charge in [0.1, 0.15) is 0 Å². The summed E-state index contributed by atoms with van der Waals surface area (Å²) in [4.78, 5) is 23.6. The average molecular weight is 258 g/mol. The van der Waals surface area contributed by atoms with Gasteiger partial charge < -0.3 is 20.1 Å². The zero-order chi connectivity index (χ0) is 13.4. The molecule has 0 aliphatic carbocycles. The van der Waals surface area contributed by atoms with E-state index in [0.29, 0.717) is 25.9 Å². The number of carboxylic acids is 1. The molecule has 6 heteroatoms. The van der Waals surface area contributed by atoms with E-state index in [-0.39, 0.29) is 18.6 Å². The normalized spacial score (nSPS) is 18.6. The summed E-state index contributed by atoms with van der Waals surface area (Å²) in [7, 11) is 1.74. The Labute approximate surface area is 107 Å². The predicted octanol–water partition coefficient (Wildman–Crippen LogP) is 1.06. The number of unbranched alkanes of at least 4 members (excludes halogenated alkanes) is 1. The maximum atomic E-state index is 11.7. The lowest BCUT2D eigenvalue weighted by atomic mass is 10.2. The summed E-state index contributed by atoms with van der Waals surface area (Å²) in [5, 5.41) is 11.2. The largest absolute Gasteiger partial charge is 0.481 e. The van der Waals surface area contributed by atoms with Crippen LogP contribution < -0.4 is 5.32 Å². The zero-order valence-corrected chi connectivity index (χ0v) is 10.9. The Kier molecular flexibility index (Phi) is 6.49. The van der Waals surface area contributed by atoms with Crippen LogP contribution in [0.3, 0.4) is 0 Å². The molecule has 0 aromatic heterocycles. The first-order valence-electron chi connectivity index (χ1n) is 6.42. The molecule has 1 heterocycles. The molecule has 1 saturated heterocycles. The number of ether oxygens (including phenoxy) is 1. The van der Waals surface area contributed by atoms with Crippen LogP contribution in [-0.2, 0) is 9.53 Å². The molecule has 1 atom stereocenters. The van der Waals surface area contributed by atoms with Gasteiger partial charge in [-0.05, 0) is 25.7 Å². The van der Waals surface area contributed by atoms with E-state index in [9.17, 15) is 9.59 Å². The lowest BCUT2D eigenvalue weighted by Gasteiger charge is -2.21. The first kappa shape index (κ1) is 14.8. The molecule has 0 aromatic rings. The molecule has 104 valence electrons. The van der Waals surface area contributed by atoms with E-state index in [1.54, 1.807) is 11.9 Å². The summed E-state index contributed by atoms with van der Waals surface area (Å²) >= 11 is 0. The Morgan fingerprint density at radius 2 is 2.22 bits per heavy atom. The molecule has 1 aliphatic heterocycles. The van der Waals surface area contributed by atoms with Gasteiger partial charge in [0.2, 0.25) is 0 Å². The molecule has 1 aliphatic rings. The fraction of sp³-hybridized carbons (Fsp3) is 0.833. The van der Waals surface area contributed by atoms with Crippen LogP contribution in [0.4, 0.5) is 4.79 Å². The minimum atomic E-state index is -0.795. The monoisotopic (exact) mass is 258 g/mol. The van der Waals surface area contributed by atoms with Gasteiger partial charge in [-0.2, -0.15) is 0 Å². The third kappa shape index (κ3) is 5.86. The summed E-state index contributed by atoms with van der Waals surface area (Å²) in [6.07, 6.45) is 3.66. The number of carbonyl (C=O) groups is 2. The second-order valence-electron chi connectivity index (χ2n) is 4.60. The van der Waals surface area contributed by atoms with Crippen molar-refractivity contribution in [2.45, 2.75) is 38.2 Å². The number of aliphatic carboxylic acids is 1. The van der Waals surface area contributed by atoms with Gasteiger partial charge in [0, 0.05) is 33.2 Å². The van der Waals surface area contributed by atoms with E-state index in [1.165, 1.54) is 0 Å². The van der Waals surface area contributed by atoms with Crippen molar-refractivity contribution >= 4 is 12.0 Å². The SMILES string of the molecule is CN(CC1CCCO1)C(=O)NCCCCC(=O)O. The molecule has 2 N–H and O–H groups in total. The van der Waals surface area contributed by atoms with Crippen molar-refractivity contribution in [3.8, 4) is 0 Å². The highest BCUT2D eigenvalue weighted by atomic mass is 16.5. The van der Waals surface area contributed by atoms with Gasteiger partial charge in [-0.3, -0.25) is 4.79 Å². The zero-order valence-electron chi connectivity index (χ0n) is 10.9. The molecule has 1 unspecified atom stereocenters. The Bertz CT molecular complexity index is 277. The minimum absolute atomic E-state index is 0.124. The van der Waals surface area contributed by atoms with Crippen LogP contribution in [0.5, 0.6) is 0 Å². The number of urea groups is 1. The van der Waals surface area contributed by atoms with Gasteiger partial charge >= 0.3 is 12.0 Å². The van der Waals surface area contributed by atoms with Crippen molar-refractivity contribution in [2.75, 3.05) is 26.7 Å². The van der Waals surface area contributed by atoms with Crippen molar-refractivity contribution in [2.24, 2.45) is 0 Å². The molecule has 0 aromatic carbocycles. The number of amides is 2. The van der Waals surface area contributed by atoms with E-state index in [1.807, 2.05) is 0 Å². The fourth-order valence-electron chi connectivity index (χ4n) is 1.91. The lowest BCUT2D eigenvalue weighted by Crippen LogP contribution is -2.41. The minimum Gasteiger partial charge on any atom is -0.481 e. The molecule has 1 fully saturated rings. The van der Waals surface area contributed by atoms with E-state index in [0.717, 1.165) is 19.4 Å². The molecular formula is C12H22N2O4. The van der Waals surface area contributed by atoms with Gasteiger partial charge in [0.25, 0.3) is 0 Å². The van der Waals surface area contributed by atoms with Crippen molar-refractivity contribution < 1.29 is 19.4 Å². The topological polar surface area (TPSA) is 78.9 Å². The Morgan fingerprint density at radius 1 is 1.44 bits per heavy atom. The van der Waals surface area contributed by atoms with Gasteiger partial charge in [0.15, 0.2) is 0 Å². The quantitative estimate of drug-likeness (QED) is 0.669. The van der Waals surface area contributed by atoms with Gasteiger partial charge in [-0.25, -0.2) is 4.79 Å². The summed E-state index contributed by atoms with van der Waals surface area (Å²) in [5.41, 5.74) is 0. The number of hydrogen-bond acceptors (Lipinski definition) is 3. The Morgan fingerprint density at radius 3 is 2.83 bits per heavy atom. The number of carboxylic acid groups (broad SMARTS) is 1. The second kappa shape index (κ2) is 7.92. The molecule has 2 amide bonds. The maximum absolute atomic E-state index is 11.7. The summed E-state index contributed by atoms with van der Waals surface area (Å²) < 4.78 is 5.46. The Hall–Kier alpha value is -1.30. The van der Waals surface area contributed by atoms with Crippen LogP contribution in [0.25, 0.3) is 0 Å². The smallest absolute Gasteiger partial charge is 0.317 e. The third-order valence-electron chi connectivity index (χ3n) is 2.94. The highest BCUT2D eigenvalue weighted by Gasteiger charge is 2.19. The summed E-state index contributed by atoms with van der Waals surface area (Å²) in [6, 6.07) is -0.124. The maximum Gasteiger partial charge on any atom is 0.317 e. The van der Waals surface area contributed by atoms with Gasteiger partial charge in [-0.1, -0.05) is 0 Å².